The van der Waals surface area contributed by atoms with Gasteiger partial charge in [0.25, 0.3) is 0 Å². The van der Waals surface area contributed by atoms with E-state index < -0.39 is 17.0 Å². The molecule has 1 fully saturated rings. The second kappa shape index (κ2) is 12.2. The summed E-state index contributed by atoms with van der Waals surface area (Å²) in [6.07, 6.45) is -3.64. The van der Waals surface area contributed by atoms with Crippen molar-refractivity contribution < 1.29 is 27.5 Å². The van der Waals surface area contributed by atoms with Crippen molar-refractivity contribution in [2.24, 2.45) is 4.99 Å². The molecule has 2 amide bonds. The molecule has 0 unspecified atom stereocenters. The van der Waals surface area contributed by atoms with Crippen LogP contribution in [0.1, 0.15) is 30.9 Å². The van der Waals surface area contributed by atoms with Gasteiger partial charge >= 0.3 is 6.18 Å². The van der Waals surface area contributed by atoms with Gasteiger partial charge in [0.15, 0.2) is 5.17 Å². The van der Waals surface area contributed by atoms with Crippen LogP contribution in [-0.2, 0) is 22.3 Å². The molecule has 1 atom stereocenters. The van der Waals surface area contributed by atoms with Crippen LogP contribution < -0.4 is 10.1 Å². The largest absolute Gasteiger partial charge is 0.494 e. The third kappa shape index (κ3) is 7.16. The van der Waals surface area contributed by atoms with Gasteiger partial charge in [0.05, 0.1) is 24.4 Å². The molecule has 1 aliphatic heterocycles. The maximum absolute atomic E-state index is 13.2. The van der Waals surface area contributed by atoms with Crippen molar-refractivity contribution >= 4 is 40.1 Å². The van der Waals surface area contributed by atoms with E-state index in [1.165, 1.54) is 17.0 Å². The number of benzene rings is 3. The summed E-state index contributed by atoms with van der Waals surface area (Å²) < 4.78 is 44.5. The molecule has 10 heteroatoms. The number of nitrogens with zero attached hydrogens (tertiary/aromatic N) is 2. The Kier molecular flexibility index (Phi) is 8.73. The lowest BCUT2D eigenvalue weighted by atomic mass is 10.2. The van der Waals surface area contributed by atoms with Crippen LogP contribution in [-0.4, -0.2) is 33.7 Å². The molecule has 0 aromatic heterocycles. The van der Waals surface area contributed by atoms with Gasteiger partial charge in [0.2, 0.25) is 11.8 Å². The quantitative estimate of drug-likeness (QED) is 0.347. The molecule has 4 rings (SSSR count). The molecule has 0 saturated carbocycles. The highest BCUT2D eigenvalue weighted by Gasteiger charge is 2.36. The molecule has 1 N–H and O–H groups in total. The third-order valence-electron chi connectivity index (χ3n) is 5.63. The Hall–Kier alpha value is -3.79. The van der Waals surface area contributed by atoms with E-state index in [1.54, 1.807) is 24.3 Å². The minimum Gasteiger partial charge on any atom is -0.494 e. The number of ether oxygens (including phenoxy) is 1. The van der Waals surface area contributed by atoms with Crippen molar-refractivity contribution in [1.29, 1.82) is 0 Å². The van der Waals surface area contributed by atoms with E-state index in [1.807, 2.05) is 37.3 Å². The monoisotopic (exact) mass is 541 g/mol. The number of rotatable bonds is 8. The highest BCUT2D eigenvalue weighted by atomic mass is 32.2. The van der Waals surface area contributed by atoms with Crippen LogP contribution in [0.3, 0.4) is 0 Å². The van der Waals surface area contributed by atoms with Crippen molar-refractivity contribution in [2.45, 2.75) is 37.7 Å². The topological polar surface area (TPSA) is 71.0 Å². The first-order chi connectivity index (χ1) is 18.2. The number of hydrogen-bond acceptors (Lipinski definition) is 5. The Morgan fingerprint density at radius 3 is 2.37 bits per heavy atom. The second-order valence-electron chi connectivity index (χ2n) is 8.58. The van der Waals surface area contributed by atoms with Crippen molar-refractivity contribution in [3.63, 3.8) is 0 Å². The second-order valence-corrected chi connectivity index (χ2v) is 9.75. The van der Waals surface area contributed by atoms with Gasteiger partial charge in [-0.15, -0.1) is 0 Å². The molecule has 0 radical (unpaired) electrons. The Morgan fingerprint density at radius 1 is 1.05 bits per heavy atom. The van der Waals surface area contributed by atoms with Crippen LogP contribution in [0.25, 0.3) is 0 Å². The van der Waals surface area contributed by atoms with E-state index in [0.717, 1.165) is 35.9 Å². The van der Waals surface area contributed by atoms with Gasteiger partial charge in [-0.25, -0.2) is 4.99 Å². The van der Waals surface area contributed by atoms with Crippen LogP contribution in [0, 0.1) is 0 Å². The number of carbonyl (C=O) groups excluding carboxylic acids is 2. The van der Waals surface area contributed by atoms with Crippen LogP contribution in [0.2, 0.25) is 0 Å². The lowest BCUT2D eigenvalue weighted by molar-refractivity contribution is -0.137. The van der Waals surface area contributed by atoms with Gasteiger partial charge in [-0.1, -0.05) is 49.0 Å². The number of halogens is 3. The number of amides is 2. The van der Waals surface area contributed by atoms with Crippen LogP contribution in [0.5, 0.6) is 5.75 Å². The fourth-order valence-electron chi connectivity index (χ4n) is 3.68. The van der Waals surface area contributed by atoms with E-state index in [9.17, 15) is 22.8 Å². The van der Waals surface area contributed by atoms with Crippen molar-refractivity contribution in [3.05, 3.63) is 90.0 Å². The molecule has 0 aliphatic carbocycles. The molecule has 38 heavy (non-hydrogen) atoms. The Labute approximate surface area is 222 Å². The van der Waals surface area contributed by atoms with E-state index in [4.69, 9.17) is 4.74 Å². The summed E-state index contributed by atoms with van der Waals surface area (Å²) in [4.78, 5) is 32.2. The highest BCUT2D eigenvalue weighted by molar-refractivity contribution is 8.15. The number of nitrogens with one attached hydrogen (secondary N) is 1. The zero-order valence-corrected chi connectivity index (χ0v) is 21.4. The zero-order chi connectivity index (χ0) is 27.1. The van der Waals surface area contributed by atoms with Gasteiger partial charge < -0.3 is 10.1 Å². The number of amidine groups is 1. The van der Waals surface area contributed by atoms with Crippen LogP contribution in [0.15, 0.2) is 83.9 Å². The molecule has 0 spiro atoms. The van der Waals surface area contributed by atoms with Gasteiger partial charge in [0.1, 0.15) is 11.0 Å². The lowest BCUT2D eigenvalue weighted by Crippen LogP contribution is -2.44. The van der Waals surface area contributed by atoms with Crippen LogP contribution >= 0.6 is 11.8 Å². The number of hydrogen-bond donors (Lipinski definition) is 1. The standard InChI is InChI=1S/C28H26F3N3O3S/c1-2-16-37-23-14-12-21(13-15-23)32-26(36)24-17-25(35)34(18-19-6-4-3-5-7-19)27(38-24)33-22-10-8-20(9-11-22)28(29,30)31/h3-15,24H,2,16-18H2,1H3,(H,32,36)/t24-/m1/s1. The lowest BCUT2D eigenvalue weighted by Gasteiger charge is -2.32. The number of aliphatic imine (C=N–C) groups is 1. The summed E-state index contributed by atoms with van der Waals surface area (Å²) in [6, 6.07) is 20.6. The summed E-state index contributed by atoms with van der Waals surface area (Å²) in [5.74, 6) is 0.0152. The summed E-state index contributed by atoms with van der Waals surface area (Å²) in [5.41, 5.74) is 0.864. The molecular formula is C28H26F3N3O3S. The Morgan fingerprint density at radius 2 is 1.74 bits per heavy atom. The SMILES string of the molecule is CCCOc1ccc(NC(=O)[C@H]2CC(=O)N(Cc3ccccc3)C(=Nc3ccc(C(F)(F)F)cc3)S2)cc1. The Bertz CT molecular complexity index is 1280. The fraction of sp³-hybridized carbons (Fsp3) is 0.250. The fourth-order valence-corrected chi connectivity index (χ4v) is 4.77. The molecule has 1 heterocycles. The van der Waals surface area contributed by atoms with Gasteiger partial charge in [-0.05, 0) is 60.5 Å². The summed E-state index contributed by atoms with van der Waals surface area (Å²) in [5, 5.41) is 2.30. The predicted molar refractivity (Wildman–Crippen MR) is 142 cm³/mol. The molecule has 0 bridgehead atoms. The Balaban J connectivity index is 1.55. The summed E-state index contributed by atoms with van der Waals surface area (Å²) >= 11 is 1.10. The number of anilines is 1. The highest BCUT2D eigenvalue weighted by Crippen LogP contribution is 2.33. The first-order valence-corrected chi connectivity index (χ1v) is 12.9. The molecule has 1 saturated heterocycles. The smallest absolute Gasteiger partial charge is 0.416 e. The van der Waals surface area contributed by atoms with Gasteiger partial charge in [-0.2, -0.15) is 13.2 Å². The molecule has 198 valence electrons. The molecule has 3 aromatic rings. The van der Waals surface area contributed by atoms with Crippen LogP contribution in [0.4, 0.5) is 24.5 Å². The molecule has 6 nitrogen and oxygen atoms in total. The summed E-state index contributed by atoms with van der Waals surface area (Å²) in [6.45, 7) is 2.82. The number of carbonyl (C=O) groups is 2. The van der Waals surface area contributed by atoms with Crippen molar-refractivity contribution in [3.8, 4) is 5.75 Å². The maximum atomic E-state index is 13.2. The van der Waals surface area contributed by atoms with E-state index in [0.29, 0.717) is 18.0 Å². The van der Waals surface area contributed by atoms with Gasteiger partial charge in [-0.3, -0.25) is 14.5 Å². The maximum Gasteiger partial charge on any atom is 0.416 e. The first-order valence-electron chi connectivity index (χ1n) is 12.0. The van der Waals surface area contributed by atoms with Gasteiger partial charge in [0, 0.05) is 12.1 Å². The van der Waals surface area contributed by atoms with E-state index in [-0.39, 0.29) is 35.6 Å². The van der Waals surface area contributed by atoms with E-state index in [2.05, 4.69) is 10.3 Å². The molecule has 1 aliphatic rings. The first kappa shape index (κ1) is 27.3. The number of thioether (sulfide) groups is 1. The minimum atomic E-state index is -4.47. The number of alkyl halides is 3. The average Bonchev–Trinajstić information content (AvgIpc) is 2.90. The normalized spacial score (nSPS) is 16.9. The minimum absolute atomic E-state index is 0.0486. The third-order valence-corrected chi connectivity index (χ3v) is 6.82. The zero-order valence-electron chi connectivity index (χ0n) is 20.6. The van der Waals surface area contributed by atoms with E-state index >= 15 is 0 Å². The van der Waals surface area contributed by atoms with Crippen molar-refractivity contribution in [1.82, 2.24) is 4.90 Å². The summed E-state index contributed by atoms with van der Waals surface area (Å²) in [7, 11) is 0. The predicted octanol–water partition coefficient (Wildman–Crippen LogP) is 6.65. The average molecular weight is 542 g/mol. The van der Waals surface area contributed by atoms with Crippen molar-refractivity contribution in [2.75, 3.05) is 11.9 Å². The molecular weight excluding hydrogens is 515 g/mol. The molecule has 3 aromatic carbocycles.